The fourth-order valence-corrected chi connectivity index (χ4v) is 4.40. The number of nitrogens with one attached hydrogen (secondary N) is 1. The lowest BCUT2D eigenvalue weighted by Gasteiger charge is -2.23. The van der Waals surface area contributed by atoms with Crippen molar-refractivity contribution in [2.45, 2.75) is 153 Å². The molecule has 3 heterocycles. The van der Waals surface area contributed by atoms with Gasteiger partial charge in [0.15, 0.2) is 40.6 Å². The van der Waals surface area contributed by atoms with E-state index in [4.69, 9.17) is 18.9 Å². The van der Waals surface area contributed by atoms with Gasteiger partial charge < -0.3 is 24.3 Å². The molecule has 0 saturated carbocycles. The van der Waals surface area contributed by atoms with Crippen LogP contribution >= 0.6 is 11.8 Å². The Labute approximate surface area is 300 Å². The number of carbonyl (C=O) groups is 4. The Morgan fingerprint density at radius 2 is 1.32 bits per heavy atom. The van der Waals surface area contributed by atoms with Gasteiger partial charge in [0.05, 0.1) is 12.7 Å². The van der Waals surface area contributed by atoms with Crippen molar-refractivity contribution in [1.29, 1.82) is 0 Å². The standard InChI is InChI=1S/C21H24F3N5O8S.6C2H6/c1-9(30)26-17-14-18(28-20(27-17)38-6-5-21(22,23)24)29(8-25-14)19-16(36-12(4)33)15(35-11(3)32)13(37-19)7-34-10(2)31;6*1-2/h8,13,15-16,19H,5-7H2,1-4H3,(H,26,27,28,30);6*1-2H3/t13?,15-,16-,19?;;;;;;/m1....../s1. The van der Waals surface area contributed by atoms with Crippen molar-refractivity contribution >= 4 is 52.6 Å². The minimum Gasteiger partial charge on any atom is -0.463 e. The molecule has 1 saturated heterocycles. The lowest BCUT2D eigenvalue weighted by molar-refractivity contribution is -0.166. The molecule has 0 aliphatic carbocycles. The van der Waals surface area contributed by atoms with Crippen molar-refractivity contribution in [3.63, 3.8) is 0 Å². The number of ether oxygens (including phenoxy) is 4. The van der Waals surface area contributed by atoms with Crippen LogP contribution < -0.4 is 5.32 Å². The van der Waals surface area contributed by atoms with E-state index in [1.54, 1.807) is 0 Å². The van der Waals surface area contributed by atoms with Crippen LogP contribution in [0.2, 0.25) is 0 Å². The summed E-state index contributed by atoms with van der Waals surface area (Å²) < 4.78 is 61.0. The van der Waals surface area contributed by atoms with Crippen LogP contribution in [0.15, 0.2) is 11.5 Å². The van der Waals surface area contributed by atoms with Crippen LogP contribution in [0, 0.1) is 0 Å². The maximum absolute atomic E-state index is 12.7. The summed E-state index contributed by atoms with van der Waals surface area (Å²) in [5, 5.41) is 2.37. The average Bonchev–Trinajstić information content (AvgIpc) is 3.65. The monoisotopic (exact) mass is 743 g/mol. The van der Waals surface area contributed by atoms with E-state index in [0.717, 1.165) is 13.8 Å². The number of esters is 3. The second-order valence-electron chi connectivity index (χ2n) is 8.09. The molecule has 2 aromatic heterocycles. The molecule has 2 unspecified atom stereocenters. The number of rotatable bonds is 9. The topological polar surface area (TPSA) is 161 Å². The number of halogens is 3. The molecule has 0 radical (unpaired) electrons. The van der Waals surface area contributed by atoms with E-state index in [0.29, 0.717) is 11.8 Å². The van der Waals surface area contributed by atoms with Crippen molar-refractivity contribution < 1.29 is 51.3 Å². The number of nitrogens with zero attached hydrogens (tertiary/aromatic N) is 4. The Hall–Kier alpha value is -3.47. The van der Waals surface area contributed by atoms with Crippen LogP contribution in [0.4, 0.5) is 19.0 Å². The number of carbonyl (C=O) groups excluding carboxylic acids is 4. The fraction of sp³-hybridized carbons (Fsp3) is 0.727. The molecule has 0 bridgehead atoms. The molecule has 3 rings (SSSR count). The highest BCUT2D eigenvalue weighted by atomic mass is 32.2. The molecule has 13 nitrogen and oxygen atoms in total. The number of amides is 1. The maximum Gasteiger partial charge on any atom is 0.389 e. The summed E-state index contributed by atoms with van der Waals surface area (Å²) in [5.41, 5.74) is 0.0909. The van der Waals surface area contributed by atoms with E-state index in [-0.39, 0.29) is 28.7 Å². The Morgan fingerprint density at radius 1 is 0.820 bits per heavy atom. The van der Waals surface area contributed by atoms with Crippen molar-refractivity contribution in [3.05, 3.63) is 6.33 Å². The highest BCUT2D eigenvalue weighted by Gasteiger charge is 2.51. The van der Waals surface area contributed by atoms with Gasteiger partial charge in [0, 0.05) is 33.4 Å². The van der Waals surface area contributed by atoms with Crippen LogP contribution in [-0.4, -0.2) is 80.2 Å². The maximum atomic E-state index is 12.7. The molecule has 0 aromatic carbocycles. The normalized spacial score (nSPS) is 16.9. The van der Waals surface area contributed by atoms with Gasteiger partial charge in [-0.3, -0.25) is 23.7 Å². The zero-order chi connectivity index (χ0) is 40.2. The summed E-state index contributed by atoms with van der Waals surface area (Å²) in [6.45, 7) is 28.3. The van der Waals surface area contributed by atoms with Crippen molar-refractivity contribution in [3.8, 4) is 0 Å². The molecule has 292 valence electrons. The van der Waals surface area contributed by atoms with Gasteiger partial charge in [-0.25, -0.2) is 15.0 Å². The first kappa shape index (κ1) is 53.3. The molecule has 1 aliphatic heterocycles. The van der Waals surface area contributed by atoms with Gasteiger partial charge in [-0.15, -0.1) is 0 Å². The largest absolute Gasteiger partial charge is 0.463 e. The van der Waals surface area contributed by atoms with E-state index >= 15 is 0 Å². The molecule has 4 atom stereocenters. The predicted molar refractivity (Wildman–Crippen MR) is 191 cm³/mol. The Bertz CT molecular complexity index is 1230. The van der Waals surface area contributed by atoms with Crippen LogP contribution in [0.25, 0.3) is 11.2 Å². The number of fused-ring (bicyclic) bond motifs is 1. The Morgan fingerprint density at radius 3 is 1.76 bits per heavy atom. The quantitative estimate of drug-likeness (QED) is 0.113. The van der Waals surface area contributed by atoms with Crippen LogP contribution in [0.3, 0.4) is 0 Å². The van der Waals surface area contributed by atoms with E-state index in [1.165, 1.54) is 24.7 Å². The minimum absolute atomic E-state index is 0.0233. The molecule has 50 heavy (non-hydrogen) atoms. The second kappa shape index (κ2) is 30.4. The summed E-state index contributed by atoms with van der Waals surface area (Å²) >= 11 is 0.703. The van der Waals surface area contributed by atoms with Crippen molar-refractivity contribution in [2.75, 3.05) is 17.7 Å². The number of alkyl halides is 3. The summed E-state index contributed by atoms with van der Waals surface area (Å²) in [6, 6.07) is 0. The Balaban J connectivity index is -0.000000795. The lowest BCUT2D eigenvalue weighted by atomic mass is 10.1. The molecule has 1 fully saturated rings. The molecular formula is C33H60F3N5O8S. The SMILES string of the molecule is CC.CC.CC.CC.CC.CC.CC(=O)Nc1nc(SCCC(F)(F)F)nc2c1ncn2C1OC(COC(C)=O)[C@@H](OC(C)=O)[C@H]1OC(C)=O. The van der Waals surface area contributed by atoms with Gasteiger partial charge in [-0.2, -0.15) is 13.2 Å². The molecule has 1 aliphatic rings. The van der Waals surface area contributed by atoms with Gasteiger partial charge in [-0.05, 0) is 0 Å². The third-order valence-corrected chi connectivity index (χ3v) is 5.78. The van der Waals surface area contributed by atoms with Crippen molar-refractivity contribution in [1.82, 2.24) is 19.5 Å². The minimum atomic E-state index is -4.39. The smallest absolute Gasteiger partial charge is 0.389 e. The summed E-state index contributed by atoms with van der Waals surface area (Å²) in [4.78, 5) is 59.4. The number of imidazole rings is 1. The molecule has 17 heteroatoms. The first-order chi connectivity index (χ1) is 23.7. The first-order valence-electron chi connectivity index (χ1n) is 17.1. The number of anilines is 1. The van der Waals surface area contributed by atoms with Crippen molar-refractivity contribution in [2.24, 2.45) is 0 Å². The predicted octanol–water partition coefficient (Wildman–Crippen LogP) is 8.31. The summed E-state index contributed by atoms with van der Waals surface area (Å²) in [6.07, 6.45) is -9.00. The van der Waals surface area contributed by atoms with E-state index in [9.17, 15) is 32.3 Å². The Kier molecular flexibility index (Phi) is 32.4. The highest BCUT2D eigenvalue weighted by molar-refractivity contribution is 7.99. The molecule has 0 spiro atoms. The van der Waals surface area contributed by atoms with Crippen LogP contribution in [0.5, 0.6) is 0 Å². The molecule has 2 aromatic rings. The van der Waals surface area contributed by atoms with Gasteiger partial charge in [0.1, 0.15) is 12.7 Å². The van der Waals surface area contributed by atoms with Crippen LogP contribution in [-0.2, 0) is 38.1 Å². The van der Waals surface area contributed by atoms with E-state index in [1.807, 2.05) is 83.1 Å². The van der Waals surface area contributed by atoms with Crippen LogP contribution in [0.1, 0.15) is 123 Å². The number of hydrogen-bond acceptors (Lipinski definition) is 12. The molecule has 1 amide bonds. The van der Waals surface area contributed by atoms with Gasteiger partial charge >= 0.3 is 24.1 Å². The number of hydrogen-bond donors (Lipinski definition) is 1. The van der Waals surface area contributed by atoms with Gasteiger partial charge in [0.25, 0.3) is 0 Å². The first-order valence-corrected chi connectivity index (χ1v) is 18.1. The third kappa shape index (κ3) is 19.6. The summed E-state index contributed by atoms with van der Waals surface area (Å²) in [5.74, 6) is -3.07. The van der Waals surface area contributed by atoms with E-state index in [2.05, 4.69) is 20.3 Å². The zero-order valence-electron chi connectivity index (χ0n) is 32.6. The number of thioether (sulfide) groups is 1. The fourth-order valence-electron chi connectivity index (χ4n) is 3.58. The lowest BCUT2D eigenvalue weighted by Crippen LogP contribution is -2.40. The second-order valence-corrected chi connectivity index (χ2v) is 9.15. The van der Waals surface area contributed by atoms with Gasteiger partial charge in [-0.1, -0.05) is 94.8 Å². The summed E-state index contributed by atoms with van der Waals surface area (Å²) in [7, 11) is 0. The highest BCUT2D eigenvalue weighted by Crippen LogP contribution is 2.37. The molecular weight excluding hydrogens is 683 g/mol. The average molecular weight is 744 g/mol. The van der Waals surface area contributed by atoms with Gasteiger partial charge in [0.2, 0.25) is 5.91 Å². The molecule has 1 N–H and O–H groups in total. The van der Waals surface area contributed by atoms with E-state index < -0.39 is 66.7 Å². The third-order valence-electron chi connectivity index (χ3n) is 4.93. The zero-order valence-corrected chi connectivity index (χ0v) is 33.4. The number of aromatic nitrogens is 4.